The molecule has 0 bridgehead atoms. The minimum absolute atomic E-state index is 0.0363. The van der Waals surface area contributed by atoms with Crippen molar-refractivity contribution in [2.45, 2.75) is 26.2 Å². The van der Waals surface area contributed by atoms with Crippen LogP contribution in [0.3, 0.4) is 0 Å². The number of aryl methyl sites for hydroxylation is 1. The molecule has 1 aliphatic rings. The lowest BCUT2D eigenvalue weighted by Gasteiger charge is -2.15. The number of nitrogens with zero attached hydrogens (tertiary/aromatic N) is 2. The quantitative estimate of drug-likeness (QED) is 0.710. The van der Waals surface area contributed by atoms with Crippen LogP contribution in [-0.4, -0.2) is 20.7 Å². The van der Waals surface area contributed by atoms with E-state index in [1.165, 1.54) is 0 Å². The van der Waals surface area contributed by atoms with Crippen LogP contribution >= 0.6 is 0 Å². The van der Waals surface area contributed by atoms with Crippen LogP contribution in [-0.2, 0) is 5.41 Å². The third kappa shape index (κ3) is 2.81. The van der Waals surface area contributed by atoms with Gasteiger partial charge in [0.25, 0.3) is 0 Å². The molecule has 0 saturated heterocycles. The van der Waals surface area contributed by atoms with Crippen molar-refractivity contribution in [1.29, 1.82) is 0 Å². The Hall–Kier alpha value is -3.21. The lowest BCUT2D eigenvalue weighted by Crippen LogP contribution is -2.12. The molecule has 1 aromatic carbocycles. The average Bonchev–Trinajstić information content (AvgIpc) is 3.18. The highest BCUT2D eigenvalue weighted by Gasteiger charge is 2.28. The molecule has 1 aliphatic carbocycles. The fourth-order valence-electron chi connectivity index (χ4n) is 3.08. The van der Waals surface area contributed by atoms with Gasteiger partial charge in [0.15, 0.2) is 0 Å². The summed E-state index contributed by atoms with van der Waals surface area (Å²) in [6.45, 7) is 6.09. The Labute approximate surface area is 151 Å². The van der Waals surface area contributed by atoms with Crippen molar-refractivity contribution in [3.05, 3.63) is 77.0 Å². The predicted octanol–water partition coefficient (Wildman–Crippen LogP) is 4.44. The standard InChI is InChI=1S/C21H19N3O2/c1-13-20(23-11-10-22-13)26-16-6-4-14(5-7-16)18(25)17-12-15-8-9-21(2,3)19(15)24-17/h4-12,24H,1-3H3. The number of rotatable bonds is 4. The van der Waals surface area contributed by atoms with Crippen LogP contribution in [0.2, 0.25) is 0 Å². The van der Waals surface area contributed by atoms with Crippen LogP contribution in [0.25, 0.3) is 6.08 Å². The molecule has 0 saturated carbocycles. The number of aromatic amines is 1. The first-order valence-corrected chi connectivity index (χ1v) is 8.47. The summed E-state index contributed by atoms with van der Waals surface area (Å²) in [6.07, 6.45) is 7.40. The molecule has 0 atom stereocenters. The summed E-state index contributed by atoms with van der Waals surface area (Å²) in [5, 5.41) is 0. The first-order valence-electron chi connectivity index (χ1n) is 8.47. The van der Waals surface area contributed by atoms with Gasteiger partial charge in [-0.15, -0.1) is 0 Å². The SMILES string of the molecule is Cc1nccnc1Oc1ccc(C(=O)c2cc3c([nH]2)C(C)(C)C=C3)cc1. The zero-order valence-corrected chi connectivity index (χ0v) is 14.9. The number of ether oxygens (including phenoxy) is 1. The number of aromatic nitrogens is 3. The Bertz CT molecular complexity index is 1010. The number of carbonyl (C=O) groups excluding carboxylic acids is 1. The summed E-state index contributed by atoms with van der Waals surface area (Å²) in [5.74, 6) is 1.04. The van der Waals surface area contributed by atoms with E-state index >= 15 is 0 Å². The van der Waals surface area contributed by atoms with E-state index in [9.17, 15) is 4.79 Å². The Morgan fingerprint density at radius 1 is 1.12 bits per heavy atom. The molecule has 130 valence electrons. The number of allylic oxidation sites excluding steroid dienone is 1. The molecule has 0 amide bonds. The van der Waals surface area contributed by atoms with Gasteiger partial charge in [-0.3, -0.25) is 9.78 Å². The van der Waals surface area contributed by atoms with Gasteiger partial charge in [-0.2, -0.15) is 0 Å². The number of hydrogen-bond donors (Lipinski definition) is 1. The molecule has 2 heterocycles. The highest BCUT2D eigenvalue weighted by Crippen LogP contribution is 2.35. The smallest absolute Gasteiger partial charge is 0.240 e. The van der Waals surface area contributed by atoms with Crippen molar-refractivity contribution >= 4 is 11.9 Å². The van der Waals surface area contributed by atoms with Crippen LogP contribution in [0.15, 0.2) is 48.8 Å². The second-order valence-electron chi connectivity index (χ2n) is 6.97. The molecule has 0 spiro atoms. The van der Waals surface area contributed by atoms with E-state index in [0.29, 0.717) is 28.6 Å². The molecule has 3 aromatic rings. The molecule has 2 aromatic heterocycles. The van der Waals surface area contributed by atoms with Gasteiger partial charge in [-0.1, -0.05) is 26.0 Å². The van der Waals surface area contributed by atoms with Gasteiger partial charge in [0.1, 0.15) is 5.75 Å². The van der Waals surface area contributed by atoms with Crippen molar-refractivity contribution in [2.75, 3.05) is 0 Å². The molecule has 0 radical (unpaired) electrons. The largest absolute Gasteiger partial charge is 0.437 e. The summed E-state index contributed by atoms with van der Waals surface area (Å²) >= 11 is 0. The second kappa shape index (κ2) is 5.95. The Morgan fingerprint density at radius 3 is 2.54 bits per heavy atom. The van der Waals surface area contributed by atoms with Crippen molar-refractivity contribution < 1.29 is 9.53 Å². The van der Waals surface area contributed by atoms with Crippen molar-refractivity contribution in [3.63, 3.8) is 0 Å². The van der Waals surface area contributed by atoms with Gasteiger partial charge in [-0.25, -0.2) is 4.98 Å². The maximum Gasteiger partial charge on any atom is 0.240 e. The highest BCUT2D eigenvalue weighted by atomic mass is 16.5. The Morgan fingerprint density at radius 2 is 1.85 bits per heavy atom. The van der Waals surface area contributed by atoms with Gasteiger partial charge >= 0.3 is 0 Å². The number of ketones is 1. The third-order valence-corrected chi connectivity index (χ3v) is 4.58. The Balaban J connectivity index is 1.55. The molecule has 5 nitrogen and oxygen atoms in total. The van der Waals surface area contributed by atoms with Crippen molar-refractivity contribution in [2.24, 2.45) is 0 Å². The molecule has 0 fully saturated rings. The minimum atomic E-state index is -0.0693. The van der Waals surface area contributed by atoms with E-state index < -0.39 is 0 Å². The molecule has 5 heteroatoms. The predicted molar refractivity (Wildman–Crippen MR) is 99.6 cm³/mol. The molecule has 26 heavy (non-hydrogen) atoms. The lowest BCUT2D eigenvalue weighted by atomic mass is 9.93. The van der Waals surface area contributed by atoms with Crippen LogP contribution in [0.4, 0.5) is 0 Å². The van der Waals surface area contributed by atoms with Gasteiger partial charge in [0.05, 0.1) is 11.4 Å². The molecule has 4 rings (SSSR count). The lowest BCUT2D eigenvalue weighted by molar-refractivity contribution is 0.103. The van der Waals surface area contributed by atoms with E-state index in [-0.39, 0.29) is 11.2 Å². The van der Waals surface area contributed by atoms with Gasteiger partial charge in [0.2, 0.25) is 11.7 Å². The van der Waals surface area contributed by atoms with Gasteiger partial charge in [0, 0.05) is 29.1 Å². The van der Waals surface area contributed by atoms with E-state index in [4.69, 9.17) is 4.74 Å². The van der Waals surface area contributed by atoms with Crippen LogP contribution < -0.4 is 4.74 Å². The topological polar surface area (TPSA) is 67.9 Å². The molecular weight excluding hydrogens is 326 g/mol. The molecule has 0 aliphatic heterocycles. The number of benzene rings is 1. The fourth-order valence-corrected chi connectivity index (χ4v) is 3.08. The minimum Gasteiger partial charge on any atom is -0.437 e. The average molecular weight is 345 g/mol. The summed E-state index contributed by atoms with van der Waals surface area (Å²) < 4.78 is 5.72. The first-order chi connectivity index (χ1) is 12.4. The first kappa shape index (κ1) is 16.3. The monoisotopic (exact) mass is 345 g/mol. The summed E-state index contributed by atoms with van der Waals surface area (Å²) in [4.78, 5) is 24.4. The van der Waals surface area contributed by atoms with E-state index in [0.717, 1.165) is 11.3 Å². The van der Waals surface area contributed by atoms with E-state index in [1.54, 1.807) is 36.7 Å². The molecule has 0 unspecified atom stereocenters. The van der Waals surface area contributed by atoms with Crippen LogP contribution in [0, 0.1) is 6.92 Å². The number of carbonyl (C=O) groups is 1. The number of hydrogen-bond acceptors (Lipinski definition) is 4. The van der Waals surface area contributed by atoms with E-state index in [1.807, 2.05) is 13.0 Å². The van der Waals surface area contributed by atoms with Crippen molar-refractivity contribution in [3.8, 4) is 11.6 Å². The van der Waals surface area contributed by atoms with Gasteiger partial charge in [-0.05, 0) is 42.8 Å². The zero-order valence-electron chi connectivity index (χ0n) is 14.9. The molecular formula is C21H19N3O2. The van der Waals surface area contributed by atoms with E-state index in [2.05, 4.69) is 41.0 Å². The normalized spacial score (nSPS) is 14.3. The third-order valence-electron chi connectivity index (χ3n) is 4.58. The van der Waals surface area contributed by atoms with Gasteiger partial charge < -0.3 is 9.72 Å². The van der Waals surface area contributed by atoms with Crippen LogP contribution in [0.1, 0.15) is 46.9 Å². The maximum atomic E-state index is 12.8. The highest BCUT2D eigenvalue weighted by molar-refractivity contribution is 6.08. The fraction of sp³-hybridized carbons (Fsp3) is 0.190. The number of fused-ring (bicyclic) bond motifs is 1. The summed E-state index contributed by atoms with van der Waals surface area (Å²) in [6, 6.07) is 8.96. The summed E-state index contributed by atoms with van der Waals surface area (Å²) in [5.41, 5.74) is 4.01. The Kier molecular flexibility index (Phi) is 3.72. The number of nitrogens with one attached hydrogen (secondary N) is 1. The maximum absolute atomic E-state index is 12.8. The second-order valence-corrected chi connectivity index (χ2v) is 6.97. The zero-order chi connectivity index (χ0) is 18.3. The molecule has 1 N–H and O–H groups in total. The number of H-pyrrole nitrogens is 1. The van der Waals surface area contributed by atoms with Crippen LogP contribution in [0.5, 0.6) is 11.6 Å². The van der Waals surface area contributed by atoms with Crippen molar-refractivity contribution in [1.82, 2.24) is 15.0 Å². The summed E-state index contributed by atoms with van der Waals surface area (Å²) in [7, 11) is 0.